The molecule has 19 heavy (non-hydrogen) atoms. The van der Waals surface area contributed by atoms with Gasteiger partial charge in [0.05, 0.1) is 18.4 Å². The van der Waals surface area contributed by atoms with Gasteiger partial charge >= 0.3 is 0 Å². The lowest BCUT2D eigenvalue weighted by Gasteiger charge is -2.10. The van der Waals surface area contributed by atoms with E-state index < -0.39 is 0 Å². The Morgan fingerprint density at radius 1 is 1.37 bits per heavy atom. The predicted octanol–water partition coefficient (Wildman–Crippen LogP) is 1.82. The minimum absolute atomic E-state index is 0.188. The van der Waals surface area contributed by atoms with E-state index in [-0.39, 0.29) is 5.91 Å². The van der Waals surface area contributed by atoms with Gasteiger partial charge < -0.3 is 20.5 Å². The molecule has 0 aliphatic rings. The molecule has 0 aliphatic heterocycles. The molecule has 0 spiro atoms. The zero-order valence-corrected chi connectivity index (χ0v) is 11.6. The SMILES string of the molecule is CCCOCCCNC(=O)c1cccc(OC)c1N. The van der Waals surface area contributed by atoms with Crippen molar-refractivity contribution in [1.82, 2.24) is 5.32 Å². The summed E-state index contributed by atoms with van der Waals surface area (Å²) >= 11 is 0. The summed E-state index contributed by atoms with van der Waals surface area (Å²) in [6.45, 7) is 4.05. The Morgan fingerprint density at radius 2 is 2.16 bits per heavy atom. The van der Waals surface area contributed by atoms with Crippen LogP contribution in [-0.2, 0) is 4.74 Å². The van der Waals surface area contributed by atoms with Crippen molar-refractivity contribution in [2.75, 3.05) is 32.6 Å². The van der Waals surface area contributed by atoms with E-state index >= 15 is 0 Å². The molecule has 0 saturated carbocycles. The molecule has 106 valence electrons. The highest BCUT2D eigenvalue weighted by atomic mass is 16.5. The quantitative estimate of drug-likeness (QED) is 0.556. The van der Waals surface area contributed by atoms with E-state index in [4.69, 9.17) is 15.2 Å². The second-order valence-corrected chi connectivity index (χ2v) is 4.14. The van der Waals surface area contributed by atoms with Crippen molar-refractivity contribution in [2.45, 2.75) is 19.8 Å². The lowest BCUT2D eigenvalue weighted by Crippen LogP contribution is -2.26. The molecule has 1 aromatic rings. The summed E-state index contributed by atoms with van der Waals surface area (Å²) in [7, 11) is 1.53. The highest BCUT2D eigenvalue weighted by Gasteiger charge is 2.12. The van der Waals surface area contributed by atoms with Crippen molar-refractivity contribution in [3.05, 3.63) is 23.8 Å². The Hall–Kier alpha value is -1.75. The van der Waals surface area contributed by atoms with E-state index in [0.29, 0.717) is 30.2 Å². The van der Waals surface area contributed by atoms with Gasteiger partial charge in [0.15, 0.2) is 0 Å². The first-order valence-corrected chi connectivity index (χ1v) is 6.49. The number of methoxy groups -OCH3 is 1. The average Bonchev–Trinajstić information content (AvgIpc) is 2.42. The molecule has 1 rings (SSSR count). The molecule has 0 bridgehead atoms. The molecule has 1 aromatic carbocycles. The summed E-state index contributed by atoms with van der Waals surface area (Å²) in [6, 6.07) is 5.15. The first-order valence-electron chi connectivity index (χ1n) is 6.49. The molecule has 5 heteroatoms. The third kappa shape index (κ3) is 4.79. The summed E-state index contributed by atoms with van der Waals surface area (Å²) in [5, 5.41) is 2.81. The fourth-order valence-electron chi connectivity index (χ4n) is 1.64. The highest BCUT2D eigenvalue weighted by Crippen LogP contribution is 2.24. The second kappa shape index (κ2) is 8.37. The van der Waals surface area contributed by atoms with Crippen molar-refractivity contribution >= 4 is 11.6 Å². The van der Waals surface area contributed by atoms with Gasteiger partial charge in [-0.3, -0.25) is 4.79 Å². The standard InChI is InChI=1S/C14H22N2O3/c1-3-9-19-10-5-8-16-14(17)11-6-4-7-12(18-2)13(11)15/h4,6-7H,3,5,8-10,15H2,1-2H3,(H,16,17). The van der Waals surface area contributed by atoms with Crippen molar-refractivity contribution in [2.24, 2.45) is 0 Å². The number of hydrogen-bond acceptors (Lipinski definition) is 4. The van der Waals surface area contributed by atoms with Crippen molar-refractivity contribution < 1.29 is 14.3 Å². The Morgan fingerprint density at radius 3 is 2.84 bits per heavy atom. The van der Waals surface area contributed by atoms with E-state index in [0.717, 1.165) is 19.4 Å². The molecule has 0 heterocycles. The summed E-state index contributed by atoms with van der Waals surface area (Å²) < 4.78 is 10.4. The van der Waals surface area contributed by atoms with Crippen LogP contribution in [0.25, 0.3) is 0 Å². The molecule has 5 nitrogen and oxygen atoms in total. The molecule has 0 aliphatic carbocycles. The van der Waals surface area contributed by atoms with Crippen LogP contribution in [0.2, 0.25) is 0 Å². The normalized spacial score (nSPS) is 10.2. The summed E-state index contributed by atoms with van der Waals surface area (Å²) in [5.74, 6) is 0.325. The Labute approximate surface area is 114 Å². The minimum atomic E-state index is -0.188. The van der Waals surface area contributed by atoms with Gasteiger partial charge in [-0.05, 0) is 25.0 Å². The van der Waals surface area contributed by atoms with Crippen LogP contribution in [0.1, 0.15) is 30.1 Å². The van der Waals surface area contributed by atoms with E-state index in [2.05, 4.69) is 12.2 Å². The zero-order chi connectivity index (χ0) is 14.1. The van der Waals surface area contributed by atoms with Crippen molar-refractivity contribution in [3.8, 4) is 5.75 Å². The van der Waals surface area contributed by atoms with E-state index in [9.17, 15) is 4.79 Å². The maximum atomic E-state index is 11.9. The monoisotopic (exact) mass is 266 g/mol. The molecular formula is C14H22N2O3. The number of hydrogen-bond donors (Lipinski definition) is 2. The van der Waals surface area contributed by atoms with Gasteiger partial charge in [-0.25, -0.2) is 0 Å². The van der Waals surface area contributed by atoms with Crippen molar-refractivity contribution in [3.63, 3.8) is 0 Å². The van der Waals surface area contributed by atoms with Crippen LogP contribution in [0, 0.1) is 0 Å². The van der Waals surface area contributed by atoms with Crippen LogP contribution in [0.15, 0.2) is 18.2 Å². The third-order valence-corrected chi connectivity index (χ3v) is 2.63. The van der Waals surface area contributed by atoms with Gasteiger partial charge in [-0.1, -0.05) is 13.0 Å². The van der Waals surface area contributed by atoms with Crippen LogP contribution >= 0.6 is 0 Å². The zero-order valence-electron chi connectivity index (χ0n) is 11.6. The summed E-state index contributed by atoms with van der Waals surface area (Å²) in [4.78, 5) is 11.9. The molecule has 0 radical (unpaired) electrons. The Bertz CT molecular complexity index is 408. The number of rotatable bonds is 8. The minimum Gasteiger partial charge on any atom is -0.495 e. The molecule has 0 saturated heterocycles. The van der Waals surface area contributed by atoms with E-state index in [1.165, 1.54) is 7.11 Å². The number of anilines is 1. The maximum absolute atomic E-state index is 11.9. The number of amides is 1. The van der Waals surface area contributed by atoms with Gasteiger partial charge in [0, 0.05) is 19.8 Å². The smallest absolute Gasteiger partial charge is 0.253 e. The summed E-state index contributed by atoms with van der Waals surface area (Å²) in [6.07, 6.45) is 1.79. The second-order valence-electron chi connectivity index (χ2n) is 4.14. The number of nitrogens with one attached hydrogen (secondary N) is 1. The number of para-hydroxylation sites is 1. The van der Waals surface area contributed by atoms with Gasteiger partial charge in [0.2, 0.25) is 0 Å². The highest BCUT2D eigenvalue weighted by molar-refractivity contribution is 6.00. The Kier molecular flexibility index (Phi) is 6.74. The molecule has 0 fully saturated rings. The number of nitrogen functional groups attached to an aromatic ring is 1. The van der Waals surface area contributed by atoms with Crippen molar-refractivity contribution in [1.29, 1.82) is 0 Å². The molecule has 0 atom stereocenters. The van der Waals surface area contributed by atoms with E-state index in [1.54, 1.807) is 18.2 Å². The molecular weight excluding hydrogens is 244 g/mol. The fraction of sp³-hybridized carbons (Fsp3) is 0.500. The number of ether oxygens (including phenoxy) is 2. The first-order chi connectivity index (χ1) is 9.20. The first kappa shape index (κ1) is 15.3. The van der Waals surface area contributed by atoms with Crippen LogP contribution in [0.3, 0.4) is 0 Å². The van der Waals surface area contributed by atoms with Crippen LogP contribution in [0.4, 0.5) is 5.69 Å². The topological polar surface area (TPSA) is 73.6 Å². The summed E-state index contributed by atoms with van der Waals surface area (Å²) in [5.41, 5.74) is 6.66. The lowest BCUT2D eigenvalue weighted by atomic mass is 10.1. The predicted molar refractivity (Wildman–Crippen MR) is 75.5 cm³/mol. The van der Waals surface area contributed by atoms with Gasteiger partial charge in [-0.2, -0.15) is 0 Å². The lowest BCUT2D eigenvalue weighted by molar-refractivity contribution is 0.0942. The number of nitrogens with two attached hydrogens (primary N) is 1. The van der Waals surface area contributed by atoms with Gasteiger partial charge in [0.25, 0.3) is 5.91 Å². The van der Waals surface area contributed by atoms with E-state index in [1.807, 2.05) is 0 Å². The van der Waals surface area contributed by atoms with Gasteiger partial charge in [-0.15, -0.1) is 0 Å². The number of carbonyl (C=O) groups is 1. The van der Waals surface area contributed by atoms with Gasteiger partial charge in [0.1, 0.15) is 5.75 Å². The molecule has 0 aromatic heterocycles. The number of benzene rings is 1. The molecule has 0 unspecified atom stereocenters. The Balaban J connectivity index is 2.41. The molecule has 3 N–H and O–H groups in total. The van der Waals surface area contributed by atoms with Crippen LogP contribution < -0.4 is 15.8 Å². The van der Waals surface area contributed by atoms with Crippen LogP contribution in [0.5, 0.6) is 5.75 Å². The number of carbonyl (C=O) groups excluding carboxylic acids is 1. The fourth-order valence-corrected chi connectivity index (χ4v) is 1.64. The molecule has 1 amide bonds. The van der Waals surface area contributed by atoms with Crippen LogP contribution in [-0.4, -0.2) is 32.8 Å². The largest absolute Gasteiger partial charge is 0.495 e. The third-order valence-electron chi connectivity index (χ3n) is 2.63. The maximum Gasteiger partial charge on any atom is 0.253 e. The average molecular weight is 266 g/mol.